The second-order valence-electron chi connectivity index (χ2n) is 10.2. The molecule has 4 heterocycles. The summed E-state index contributed by atoms with van der Waals surface area (Å²) in [6.07, 6.45) is -0.816. The van der Waals surface area contributed by atoms with Gasteiger partial charge in [-0.15, -0.1) is 0 Å². The molecule has 0 unspecified atom stereocenters. The zero-order valence-corrected chi connectivity index (χ0v) is 23.1. The van der Waals surface area contributed by atoms with Crippen molar-refractivity contribution in [3.8, 4) is 0 Å². The van der Waals surface area contributed by atoms with Gasteiger partial charge in [0.25, 0.3) is 0 Å². The molecule has 2 aromatic heterocycles. The number of aromatic nitrogens is 3. The van der Waals surface area contributed by atoms with Gasteiger partial charge >= 0.3 is 6.18 Å². The summed E-state index contributed by atoms with van der Waals surface area (Å²) in [5, 5.41) is 3.50. The summed E-state index contributed by atoms with van der Waals surface area (Å²) in [5.74, 6) is 1.33. The molecule has 1 aromatic carbocycles. The molecule has 0 amide bonds. The predicted molar refractivity (Wildman–Crippen MR) is 147 cm³/mol. The van der Waals surface area contributed by atoms with Gasteiger partial charge in [0.15, 0.2) is 0 Å². The van der Waals surface area contributed by atoms with Gasteiger partial charge in [-0.1, -0.05) is 40.7 Å². The number of anilines is 4. The maximum atomic E-state index is 13.6. The minimum Gasteiger partial charge on any atom is -0.374 e. The van der Waals surface area contributed by atoms with Crippen LogP contribution in [0.5, 0.6) is 0 Å². The summed E-state index contributed by atoms with van der Waals surface area (Å²) in [6, 6.07) is 8.83. The number of nitrogens with zero attached hydrogens (tertiary/aromatic N) is 5. The van der Waals surface area contributed by atoms with E-state index in [2.05, 4.69) is 54.3 Å². The van der Waals surface area contributed by atoms with Crippen molar-refractivity contribution in [2.75, 3.05) is 35.3 Å². The molecule has 38 heavy (non-hydrogen) atoms. The lowest BCUT2D eigenvalue weighted by atomic mass is 9.78. The van der Waals surface area contributed by atoms with Crippen molar-refractivity contribution in [3.05, 3.63) is 64.7 Å². The molecule has 0 atom stereocenters. The lowest BCUT2D eigenvalue weighted by molar-refractivity contribution is -0.137. The molecule has 0 saturated carbocycles. The fraction of sp³-hybridized carbons (Fsp3) is 0.483. The Hall–Kier alpha value is -3.36. The largest absolute Gasteiger partial charge is 0.419 e. The first-order valence-electron chi connectivity index (χ1n) is 13.4. The topological polar surface area (TPSA) is 57.2 Å². The van der Waals surface area contributed by atoms with Crippen LogP contribution in [0.25, 0.3) is 0 Å². The van der Waals surface area contributed by atoms with E-state index in [4.69, 9.17) is 9.97 Å². The Morgan fingerprint density at radius 3 is 2.55 bits per heavy atom. The van der Waals surface area contributed by atoms with Crippen molar-refractivity contribution in [2.45, 2.75) is 72.0 Å². The number of halogens is 3. The van der Waals surface area contributed by atoms with Crippen molar-refractivity contribution in [2.24, 2.45) is 0 Å². The maximum absolute atomic E-state index is 13.6. The highest BCUT2D eigenvalue weighted by molar-refractivity contribution is 5.70. The smallest absolute Gasteiger partial charge is 0.374 e. The first kappa shape index (κ1) is 27.7. The number of hydrogen-bond donors (Lipinski definition) is 1. The predicted octanol–water partition coefficient (Wildman–Crippen LogP) is 6.90. The summed E-state index contributed by atoms with van der Waals surface area (Å²) >= 11 is 0. The fourth-order valence-corrected chi connectivity index (χ4v) is 5.13. The lowest BCUT2D eigenvalue weighted by Crippen LogP contribution is -2.35. The van der Waals surface area contributed by atoms with Crippen LogP contribution in [-0.4, -0.2) is 35.1 Å². The molecule has 2 aliphatic rings. The van der Waals surface area contributed by atoms with Crippen LogP contribution in [0.1, 0.15) is 69.2 Å². The minimum atomic E-state index is -4.47. The van der Waals surface area contributed by atoms with Crippen molar-refractivity contribution in [3.63, 3.8) is 0 Å². The van der Waals surface area contributed by atoms with E-state index in [9.17, 15) is 13.2 Å². The van der Waals surface area contributed by atoms with Gasteiger partial charge in [-0.2, -0.15) is 13.2 Å². The third-order valence-electron chi connectivity index (χ3n) is 7.29. The Morgan fingerprint density at radius 2 is 1.84 bits per heavy atom. The first-order chi connectivity index (χ1) is 18.1. The molecule has 0 radical (unpaired) electrons. The number of hydrogen-bond acceptors (Lipinski definition) is 6. The van der Waals surface area contributed by atoms with Crippen LogP contribution in [0.3, 0.4) is 0 Å². The molecular weight excluding hydrogens is 489 g/mol. The van der Waals surface area contributed by atoms with Gasteiger partial charge in [-0.3, -0.25) is 0 Å². The Morgan fingerprint density at radius 1 is 1.08 bits per heavy atom. The Kier molecular flexibility index (Phi) is 7.85. The number of aryl methyl sites for hydroxylation is 1. The Labute approximate surface area is 223 Å². The van der Waals surface area contributed by atoms with Crippen LogP contribution in [0.2, 0.25) is 0 Å². The van der Waals surface area contributed by atoms with Gasteiger partial charge < -0.3 is 15.1 Å². The highest BCUT2D eigenvalue weighted by Gasteiger charge is 2.37. The SMILES string of the molecule is CC.CCc1nc2c(c(Nc3ccc4c(c3)N(C)CCC4(C)C)n1)CCN(c1ncccc1C(F)(F)F)C2. The third kappa shape index (κ3) is 5.42. The van der Waals surface area contributed by atoms with Crippen molar-refractivity contribution >= 4 is 23.0 Å². The van der Waals surface area contributed by atoms with Crippen LogP contribution in [0.4, 0.5) is 36.2 Å². The summed E-state index contributed by atoms with van der Waals surface area (Å²) < 4.78 is 40.8. The van der Waals surface area contributed by atoms with Crippen LogP contribution in [-0.2, 0) is 31.0 Å². The molecule has 2 aliphatic heterocycles. The molecule has 204 valence electrons. The Bertz CT molecular complexity index is 1290. The molecule has 0 spiro atoms. The van der Waals surface area contributed by atoms with E-state index in [0.29, 0.717) is 25.2 Å². The van der Waals surface area contributed by atoms with Gasteiger partial charge in [0.1, 0.15) is 17.5 Å². The number of benzene rings is 1. The molecule has 0 saturated heterocycles. The number of rotatable bonds is 4. The van der Waals surface area contributed by atoms with E-state index in [1.165, 1.54) is 23.5 Å². The van der Waals surface area contributed by atoms with E-state index < -0.39 is 11.7 Å². The van der Waals surface area contributed by atoms with Gasteiger partial charge in [0.05, 0.1) is 17.8 Å². The van der Waals surface area contributed by atoms with Gasteiger partial charge in [-0.05, 0) is 48.1 Å². The molecule has 3 aromatic rings. The summed E-state index contributed by atoms with van der Waals surface area (Å²) in [6.45, 7) is 12.2. The zero-order valence-electron chi connectivity index (χ0n) is 23.1. The molecular formula is C29H37F3N6. The quantitative estimate of drug-likeness (QED) is 0.399. The summed E-state index contributed by atoms with van der Waals surface area (Å²) in [5.41, 5.74) is 4.55. The van der Waals surface area contributed by atoms with Gasteiger partial charge in [-0.25, -0.2) is 15.0 Å². The highest BCUT2D eigenvalue weighted by atomic mass is 19.4. The fourth-order valence-electron chi connectivity index (χ4n) is 5.13. The molecule has 5 rings (SSSR count). The van der Waals surface area contributed by atoms with E-state index >= 15 is 0 Å². The number of pyridine rings is 1. The molecule has 0 bridgehead atoms. The second kappa shape index (κ2) is 10.8. The average molecular weight is 527 g/mol. The molecule has 6 nitrogen and oxygen atoms in total. The molecule has 0 fully saturated rings. The summed E-state index contributed by atoms with van der Waals surface area (Å²) in [7, 11) is 2.11. The van der Waals surface area contributed by atoms with Crippen molar-refractivity contribution in [1.82, 2.24) is 15.0 Å². The second-order valence-corrected chi connectivity index (χ2v) is 10.2. The van der Waals surface area contributed by atoms with Crippen LogP contribution in [0.15, 0.2) is 36.5 Å². The standard InChI is InChI=1S/C27H31F3N6.C2H6/c1-5-23-33-21-16-36(25-20(27(28,29)30)7-6-12-31-25)13-10-18(21)24(34-23)32-17-8-9-19-22(15-17)35(4)14-11-26(19,2)3;1-2/h6-9,12,15H,5,10-11,13-14,16H2,1-4H3,(H,32,33,34);1-2H3. The Balaban J connectivity index is 0.00000164. The first-order valence-corrected chi connectivity index (χ1v) is 13.4. The van der Waals surface area contributed by atoms with E-state index in [0.717, 1.165) is 41.8 Å². The normalized spacial score (nSPS) is 16.2. The average Bonchev–Trinajstić information content (AvgIpc) is 2.91. The van der Waals surface area contributed by atoms with E-state index in [1.54, 1.807) is 4.90 Å². The third-order valence-corrected chi connectivity index (χ3v) is 7.29. The summed E-state index contributed by atoms with van der Waals surface area (Å²) in [4.78, 5) is 17.5. The monoisotopic (exact) mass is 526 g/mol. The minimum absolute atomic E-state index is 0.0536. The highest BCUT2D eigenvalue weighted by Crippen LogP contribution is 2.41. The van der Waals surface area contributed by atoms with E-state index in [1.807, 2.05) is 20.8 Å². The van der Waals surface area contributed by atoms with Crippen LogP contribution >= 0.6 is 0 Å². The van der Waals surface area contributed by atoms with Crippen LogP contribution in [0, 0.1) is 0 Å². The van der Waals surface area contributed by atoms with Gasteiger partial charge in [0, 0.05) is 49.7 Å². The van der Waals surface area contributed by atoms with E-state index in [-0.39, 0.29) is 17.8 Å². The molecule has 9 heteroatoms. The number of fused-ring (bicyclic) bond motifs is 2. The van der Waals surface area contributed by atoms with Gasteiger partial charge in [0.2, 0.25) is 0 Å². The zero-order chi connectivity index (χ0) is 27.7. The number of alkyl halides is 3. The molecule has 1 N–H and O–H groups in total. The van der Waals surface area contributed by atoms with Crippen molar-refractivity contribution in [1.29, 1.82) is 0 Å². The maximum Gasteiger partial charge on any atom is 0.419 e. The van der Waals surface area contributed by atoms with Crippen molar-refractivity contribution < 1.29 is 13.2 Å². The van der Waals surface area contributed by atoms with Crippen LogP contribution < -0.4 is 15.1 Å². The lowest BCUT2D eigenvalue weighted by Gasteiger charge is -2.38. The number of nitrogens with one attached hydrogen (secondary N) is 1. The molecule has 0 aliphatic carbocycles.